The van der Waals surface area contributed by atoms with Crippen LogP contribution in [0, 0.1) is 24.7 Å². The molecule has 0 bridgehead atoms. The maximum atomic E-state index is 13.2. The number of ether oxygens (including phenoxy) is 2. The number of aliphatic carboxylic acids is 1. The standard InChI is InChI=1S/C29H40O7/c1-4-25(35-23-9-5-7-18(2)15-23)29(34)36-26-10-6-8-20-12-11-19(3)24(28(20)26)14-13-21(30)16-22(31)17-27(32)33/h5,7-9,11-12,15,19,21-22,24-26,28,30-31H,4,6,10,13-14,16-17H2,1-3H3,(H,32,33). The van der Waals surface area contributed by atoms with E-state index in [4.69, 9.17) is 14.6 Å². The molecule has 0 aromatic heterocycles. The van der Waals surface area contributed by atoms with E-state index in [1.165, 1.54) is 0 Å². The van der Waals surface area contributed by atoms with E-state index in [0.717, 1.165) is 24.0 Å². The molecule has 36 heavy (non-hydrogen) atoms. The van der Waals surface area contributed by atoms with Crippen molar-refractivity contribution in [3.8, 4) is 5.75 Å². The minimum absolute atomic E-state index is 0.0234. The molecular formula is C29H40O7. The van der Waals surface area contributed by atoms with Crippen molar-refractivity contribution in [3.05, 3.63) is 53.6 Å². The summed E-state index contributed by atoms with van der Waals surface area (Å²) >= 11 is 0. The van der Waals surface area contributed by atoms with Crippen molar-refractivity contribution in [2.24, 2.45) is 17.8 Å². The zero-order valence-electron chi connectivity index (χ0n) is 21.5. The van der Waals surface area contributed by atoms with Gasteiger partial charge in [0.05, 0.1) is 18.6 Å². The second-order valence-corrected chi connectivity index (χ2v) is 10.2. The topological polar surface area (TPSA) is 113 Å². The molecule has 0 radical (unpaired) electrons. The predicted molar refractivity (Wildman–Crippen MR) is 136 cm³/mol. The maximum Gasteiger partial charge on any atom is 0.347 e. The Kier molecular flexibility index (Phi) is 10.1. The van der Waals surface area contributed by atoms with Gasteiger partial charge in [0.25, 0.3) is 0 Å². The van der Waals surface area contributed by atoms with E-state index in [1.807, 2.05) is 38.1 Å². The first-order valence-corrected chi connectivity index (χ1v) is 13.1. The summed E-state index contributed by atoms with van der Waals surface area (Å²) < 4.78 is 12.1. The lowest BCUT2D eigenvalue weighted by Crippen LogP contribution is -2.42. The Labute approximate surface area is 213 Å². The summed E-state index contributed by atoms with van der Waals surface area (Å²) in [5.74, 6) is -0.386. The largest absolute Gasteiger partial charge is 0.481 e. The van der Waals surface area contributed by atoms with Gasteiger partial charge < -0.3 is 24.8 Å². The number of aryl methyl sites for hydroxylation is 1. The molecule has 0 amide bonds. The Hall–Kier alpha value is -2.64. The molecule has 7 heteroatoms. The number of allylic oxidation sites excluding steroid dienone is 3. The number of hydrogen-bond donors (Lipinski definition) is 3. The van der Waals surface area contributed by atoms with Gasteiger partial charge in [-0.05, 0) is 80.6 Å². The lowest BCUT2D eigenvalue weighted by atomic mass is 9.66. The smallest absolute Gasteiger partial charge is 0.347 e. The zero-order valence-corrected chi connectivity index (χ0v) is 21.5. The van der Waals surface area contributed by atoms with E-state index in [2.05, 4.69) is 25.2 Å². The van der Waals surface area contributed by atoms with E-state index in [-0.39, 0.29) is 42.7 Å². The van der Waals surface area contributed by atoms with Gasteiger partial charge in [-0.15, -0.1) is 0 Å². The molecule has 0 saturated carbocycles. The summed E-state index contributed by atoms with van der Waals surface area (Å²) in [4.78, 5) is 24.0. The lowest BCUT2D eigenvalue weighted by molar-refractivity contribution is -0.162. The normalized spacial score (nSPS) is 25.8. The first-order valence-electron chi connectivity index (χ1n) is 13.1. The summed E-state index contributed by atoms with van der Waals surface area (Å²) in [6.45, 7) is 6.01. The van der Waals surface area contributed by atoms with Crippen LogP contribution in [0.15, 0.2) is 48.1 Å². The Morgan fingerprint density at radius 2 is 1.97 bits per heavy atom. The minimum atomic E-state index is -1.08. The van der Waals surface area contributed by atoms with Crippen LogP contribution in [0.3, 0.4) is 0 Å². The molecule has 7 atom stereocenters. The maximum absolute atomic E-state index is 13.2. The molecule has 7 unspecified atom stereocenters. The molecule has 198 valence electrons. The second kappa shape index (κ2) is 13.1. The highest BCUT2D eigenvalue weighted by atomic mass is 16.6. The third kappa shape index (κ3) is 7.68. The molecule has 2 aliphatic rings. The Bertz CT molecular complexity index is 953. The number of esters is 1. The number of carboxylic acid groups (broad SMARTS) is 1. The second-order valence-electron chi connectivity index (χ2n) is 10.2. The number of carbonyl (C=O) groups is 2. The first kappa shape index (κ1) is 27.9. The third-order valence-electron chi connectivity index (χ3n) is 7.30. The van der Waals surface area contributed by atoms with Crippen LogP contribution in [0.5, 0.6) is 5.75 Å². The fourth-order valence-electron chi connectivity index (χ4n) is 5.43. The number of aliphatic hydroxyl groups is 2. The summed E-state index contributed by atoms with van der Waals surface area (Å²) in [6.07, 6.45) is 6.51. The summed E-state index contributed by atoms with van der Waals surface area (Å²) in [5.41, 5.74) is 2.22. The Morgan fingerprint density at radius 1 is 1.19 bits per heavy atom. The molecule has 0 aliphatic heterocycles. The third-order valence-corrected chi connectivity index (χ3v) is 7.30. The molecule has 1 aromatic carbocycles. The van der Waals surface area contributed by atoms with Crippen LogP contribution in [-0.2, 0) is 14.3 Å². The summed E-state index contributed by atoms with van der Waals surface area (Å²) in [7, 11) is 0. The van der Waals surface area contributed by atoms with E-state index in [9.17, 15) is 19.8 Å². The van der Waals surface area contributed by atoms with Crippen LogP contribution in [0.4, 0.5) is 0 Å². The van der Waals surface area contributed by atoms with Crippen molar-refractivity contribution in [2.45, 2.75) is 90.1 Å². The Morgan fingerprint density at radius 3 is 2.67 bits per heavy atom. The minimum Gasteiger partial charge on any atom is -0.481 e. The van der Waals surface area contributed by atoms with E-state index < -0.39 is 24.3 Å². The van der Waals surface area contributed by atoms with Crippen LogP contribution < -0.4 is 4.74 Å². The van der Waals surface area contributed by atoms with Crippen LogP contribution >= 0.6 is 0 Å². The lowest BCUT2D eigenvalue weighted by Gasteiger charge is -2.42. The SMILES string of the molecule is CCC(Oc1cccc(C)c1)C(=O)OC1CCC=C2C=CC(C)C(CCC(O)CC(O)CC(=O)O)C21. The number of aliphatic hydroxyl groups excluding tert-OH is 2. The molecule has 7 nitrogen and oxygen atoms in total. The molecule has 2 aliphatic carbocycles. The van der Waals surface area contributed by atoms with Crippen molar-refractivity contribution in [1.29, 1.82) is 0 Å². The number of hydrogen-bond acceptors (Lipinski definition) is 6. The van der Waals surface area contributed by atoms with Crippen molar-refractivity contribution in [3.63, 3.8) is 0 Å². The number of rotatable bonds is 12. The van der Waals surface area contributed by atoms with Gasteiger partial charge >= 0.3 is 11.9 Å². The molecule has 0 heterocycles. The molecule has 0 fully saturated rings. The van der Waals surface area contributed by atoms with Gasteiger partial charge in [0.15, 0.2) is 6.10 Å². The van der Waals surface area contributed by atoms with E-state index >= 15 is 0 Å². The molecule has 3 rings (SSSR count). The highest BCUT2D eigenvalue weighted by Gasteiger charge is 2.40. The van der Waals surface area contributed by atoms with Crippen molar-refractivity contribution >= 4 is 11.9 Å². The zero-order chi connectivity index (χ0) is 26.2. The van der Waals surface area contributed by atoms with Crippen LogP contribution in [0.2, 0.25) is 0 Å². The van der Waals surface area contributed by atoms with Gasteiger partial charge in [-0.1, -0.05) is 44.2 Å². The number of carbonyl (C=O) groups excluding carboxylic acids is 1. The van der Waals surface area contributed by atoms with Gasteiger partial charge in [0.1, 0.15) is 11.9 Å². The van der Waals surface area contributed by atoms with Gasteiger partial charge in [0.2, 0.25) is 0 Å². The summed E-state index contributed by atoms with van der Waals surface area (Å²) in [6, 6.07) is 7.62. The Balaban J connectivity index is 1.66. The fraction of sp³-hybridized carbons (Fsp3) is 0.586. The van der Waals surface area contributed by atoms with E-state index in [0.29, 0.717) is 25.0 Å². The monoisotopic (exact) mass is 500 g/mol. The molecule has 0 spiro atoms. The van der Waals surface area contributed by atoms with Crippen molar-refractivity contribution in [1.82, 2.24) is 0 Å². The van der Waals surface area contributed by atoms with Crippen LogP contribution in [0.25, 0.3) is 0 Å². The molecule has 0 saturated heterocycles. The quantitative estimate of drug-likeness (QED) is 0.360. The average Bonchev–Trinajstić information content (AvgIpc) is 2.81. The highest BCUT2D eigenvalue weighted by molar-refractivity contribution is 5.75. The first-order chi connectivity index (χ1) is 17.2. The summed E-state index contributed by atoms with van der Waals surface area (Å²) in [5, 5.41) is 29.1. The van der Waals surface area contributed by atoms with Crippen LogP contribution in [-0.4, -0.2) is 51.7 Å². The van der Waals surface area contributed by atoms with Gasteiger partial charge in [-0.25, -0.2) is 4.79 Å². The van der Waals surface area contributed by atoms with Gasteiger partial charge in [-0.2, -0.15) is 0 Å². The van der Waals surface area contributed by atoms with Gasteiger partial charge in [-0.3, -0.25) is 4.79 Å². The molecule has 1 aromatic rings. The van der Waals surface area contributed by atoms with E-state index in [1.54, 1.807) is 0 Å². The number of benzene rings is 1. The van der Waals surface area contributed by atoms with Crippen molar-refractivity contribution in [2.75, 3.05) is 0 Å². The average molecular weight is 501 g/mol. The van der Waals surface area contributed by atoms with Crippen molar-refractivity contribution < 1.29 is 34.4 Å². The van der Waals surface area contributed by atoms with Crippen LogP contribution in [0.1, 0.15) is 64.4 Å². The van der Waals surface area contributed by atoms with Gasteiger partial charge in [0, 0.05) is 5.92 Å². The number of fused-ring (bicyclic) bond motifs is 1. The highest BCUT2D eigenvalue weighted by Crippen LogP contribution is 2.44. The molecular weight excluding hydrogens is 460 g/mol. The molecule has 3 N–H and O–H groups in total. The predicted octanol–water partition coefficient (Wildman–Crippen LogP) is 4.59. The fourth-order valence-corrected chi connectivity index (χ4v) is 5.43. The number of carboxylic acids is 1.